The number of carboxylic acid groups (broad SMARTS) is 1. The number of hydrogen-bond donors (Lipinski definition) is 2. The third-order valence-corrected chi connectivity index (χ3v) is 4.48. The van der Waals surface area contributed by atoms with Crippen LogP contribution >= 0.6 is 0 Å². The molecule has 0 saturated heterocycles. The fourth-order valence-corrected chi connectivity index (χ4v) is 2.81. The molecular weight excluding hydrogens is 457 g/mol. The number of oxime groups is 1. The minimum Gasteiger partial charge on any atom is -0.481 e. The maximum atomic E-state index is 12.6. The molecule has 1 amide bonds. The lowest BCUT2D eigenvalue weighted by molar-refractivity contribution is -0.159. The molecule has 0 aliphatic carbocycles. The second-order valence-corrected chi connectivity index (χ2v) is 7.12. The molecule has 12 heteroatoms. The van der Waals surface area contributed by atoms with Gasteiger partial charge in [0.15, 0.2) is 0 Å². The summed E-state index contributed by atoms with van der Waals surface area (Å²) in [6.45, 7) is 1.79. The molecule has 34 heavy (non-hydrogen) atoms. The van der Waals surface area contributed by atoms with E-state index in [9.17, 15) is 22.8 Å². The number of rotatable bonds is 9. The van der Waals surface area contributed by atoms with Crippen LogP contribution in [0.5, 0.6) is 0 Å². The molecule has 1 aromatic heterocycles. The van der Waals surface area contributed by atoms with Crippen LogP contribution in [0, 0.1) is 0 Å². The Morgan fingerprint density at radius 3 is 2.41 bits per heavy atom. The Labute approximate surface area is 191 Å². The van der Waals surface area contributed by atoms with Crippen LogP contribution < -0.4 is 5.32 Å². The molecule has 0 saturated carbocycles. The number of carboxylic acids is 1. The molecule has 1 heterocycles. The van der Waals surface area contributed by atoms with Crippen LogP contribution in [-0.4, -0.2) is 39.4 Å². The number of carbonyl (C=O) groups excluding carboxylic acids is 1. The van der Waals surface area contributed by atoms with E-state index in [0.717, 1.165) is 0 Å². The molecule has 178 valence electrons. The molecule has 2 N–H and O–H groups in total. The van der Waals surface area contributed by atoms with Crippen molar-refractivity contribution < 1.29 is 37.2 Å². The first-order valence-electron chi connectivity index (χ1n) is 9.87. The van der Waals surface area contributed by atoms with Gasteiger partial charge in [0.05, 0.1) is 18.7 Å². The van der Waals surface area contributed by atoms with Crippen molar-refractivity contribution in [3.8, 4) is 11.4 Å². The third kappa shape index (κ3) is 6.64. The molecule has 0 radical (unpaired) electrons. The largest absolute Gasteiger partial charge is 0.481 e. The number of amides is 1. The van der Waals surface area contributed by atoms with Gasteiger partial charge in [-0.25, -0.2) is 0 Å². The molecule has 0 fully saturated rings. The molecule has 0 atom stereocenters. The first-order valence-corrected chi connectivity index (χ1v) is 9.87. The molecule has 0 spiro atoms. The third-order valence-electron chi connectivity index (χ3n) is 4.48. The summed E-state index contributed by atoms with van der Waals surface area (Å²) in [7, 11) is 0. The lowest BCUT2D eigenvalue weighted by atomic mass is 10.1. The Morgan fingerprint density at radius 2 is 1.79 bits per heavy atom. The van der Waals surface area contributed by atoms with E-state index < -0.39 is 23.9 Å². The molecule has 9 nitrogen and oxygen atoms in total. The van der Waals surface area contributed by atoms with Crippen LogP contribution in [-0.2, 0) is 28.8 Å². The van der Waals surface area contributed by atoms with Crippen molar-refractivity contribution >= 4 is 17.6 Å². The first kappa shape index (κ1) is 24.4. The zero-order valence-electron chi connectivity index (χ0n) is 17.8. The fraction of sp³-hybridized carbons (Fsp3) is 0.227. The van der Waals surface area contributed by atoms with Gasteiger partial charge in [0.1, 0.15) is 6.61 Å². The lowest BCUT2D eigenvalue weighted by Crippen LogP contribution is -2.28. The van der Waals surface area contributed by atoms with Gasteiger partial charge in [-0.2, -0.15) is 18.2 Å². The van der Waals surface area contributed by atoms with Crippen molar-refractivity contribution in [2.75, 3.05) is 6.54 Å². The number of nitrogens with one attached hydrogen (secondary N) is 1. The average molecular weight is 476 g/mol. The average Bonchev–Trinajstić information content (AvgIpc) is 3.29. The van der Waals surface area contributed by atoms with Gasteiger partial charge in [-0.1, -0.05) is 46.7 Å². The van der Waals surface area contributed by atoms with Gasteiger partial charge in [0, 0.05) is 11.1 Å². The molecule has 0 aliphatic rings. The number of alkyl halides is 3. The van der Waals surface area contributed by atoms with E-state index in [1.807, 2.05) is 0 Å². The number of carbonyl (C=O) groups is 2. The highest BCUT2D eigenvalue weighted by atomic mass is 19.4. The van der Waals surface area contributed by atoms with Gasteiger partial charge in [-0.3, -0.25) is 9.59 Å². The Balaban J connectivity index is 1.52. The summed E-state index contributed by atoms with van der Waals surface area (Å²) in [4.78, 5) is 31.8. The number of hydrogen-bond acceptors (Lipinski definition) is 7. The van der Waals surface area contributed by atoms with E-state index in [1.54, 1.807) is 31.2 Å². The molecule has 3 aromatic rings. The van der Waals surface area contributed by atoms with Crippen LogP contribution in [0.3, 0.4) is 0 Å². The summed E-state index contributed by atoms with van der Waals surface area (Å²) < 4.78 is 41.9. The summed E-state index contributed by atoms with van der Waals surface area (Å²) in [5.74, 6) is -3.08. The summed E-state index contributed by atoms with van der Waals surface area (Å²) in [6.07, 6.45) is -4.87. The van der Waals surface area contributed by atoms with Gasteiger partial charge >= 0.3 is 18.0 Å². The topological polar surface area (TPSA) is 127 Å². The van der Waals surface area contributed by atoms with Crippen molar-refractivity contribution in [1.29, 1.82) is 0 Å². The summed E-state index contributed by atoms with van der Waals surface area (Å²) in [5.41, 5.74) is 2.29. The Kier molecular flexibility index (Phi) is 7.61. The van der Waals surface area contributed by atoms with Gasteiger partial charge in [0.2, 0.25) is 5.82 Å². The molecule has 0 bridgehead atoms. The first-order chi connectivity index (χ1) is 16.1. The Bertz CT molecular complexity index is 1190. The molecule has 0 unspecified atom stereocenters. The second-order valence-electron chi connectivity index (χ2n) is 7.12. The summed E-state index contributed by atoms with van der Waals surface area (Å²) in [6, 6.07) is 12.6. The van der Waals surface area contributed by atoms with E-state index in [4.69, 9.17) is 9.94 Å². The fourth-order valence-electron chi connectivity index (χ4n) is 2.81. The predicted octanol–water partition coefficient (Wildman–Crippen LogP) is 3.71. The number of halogens is 3. The van der Waals surface area contributed by atoms with E-state index in [0.29, 0.717) is 16.8 Å². The maximum absolute atomic E-state index is 12.6. The van der Waals surface area contributed by atoms with Crippen molar-refractivity contribution in [3.05, 3.63) is 71.1 Å². The number of nitrogens with zero attached hydrogens (tertiary/aromatic N) is 3. The smallest absolute Gasteiger partial charge is 0.471 e. The summed E-state index contributed by atoms with van der Waals surface area (Å²) in [5, 5.41) is 18.8. The van der Waals surface area contributed by atoms with Gasteiger partial charge in [-0.15, -0.1) is 0 Å². The quantitative estimate of drug-likeness (QED) is 0.356. The van der Waals surface area contributed by atoms with E-state index in [1.165, 1.54) is 24.3 Å². The standard InChI is InChI=1S/C22H19F3N4O5/c1-13(28-33-12-17-5-3-2-4-16(17)10-18(30)31)11-26-20(32)15-8-6-14(7-9-15)19-27-21(34-29-19)22(23,24)25/h2-9H,10-12H2,1H3,(H,26,32)(H,30,31). The minimum atomic E-state index is -4.74. The van der Waals surface area contributed by atoms with Crippen LogP contribution in [0.4, 0.5) is 13.2 Å². The molecule has 0 aliphatic heterocycles. The van der Waals surface area contributed by atoms with Gasteiger partial charge in [-0.05, 0) is 30.2 Å². The van der Waals surface area contributed by atoms with Gasteiger partial charge < -0.3 is 19.8 Å². The van der Waals surface area contributed by atoms with Crippen LogP contribution in [0.2, 0.25) is 0 Å². The minimum absolute atomic E-state index is 0.0718. The zero-order valence-corrected chi connectivity index (χ0v) is 17.8. The molecular formula is C22H19F3N4O5. The van der Waals surface area contributed by atoms with E-state index in [-0.39, 0.29) is 36.5 Å². The highest BCUT2D eigenvalue weighted by molar-refractivity contribution is 5.97. The van der Waals surface area contributed by atoms with Crippen molar-refractivity contribution in [2.45, 2.75) is 26.1 Å². The predicted molar refractivity (Wildman–Crippen MR) is 113 cm³/mol. The lowest BCUT2D eigenvalue weighted by Gasteiger charge is -2.08. The van der Waals surface area contributed by atoms with Gasteiger partial charge in [0.25, 0.3) is 5.91 Å². The van der Waals surface area contributed by atoms with Crippen LogP contribution in [0.15, 0.2) is 58.2 Å². The van der Waals surface area contributed by atoms with E-state index in [2.05, 4.69) is 25.1 Å². The van der Waals surface area contributed by atoms with E-state index >= 15 is 0 Å². The molecule has 2 aromatic carbocycles. The number of aromatic nitrogens is 2. The normalized spacial score (nSPS) is 11.8. The van der Waals surface area contributed by atoms with Crippen molar-refractivity contribution in [3.63, 3.8) is 0 Å². The maximum Gasteiger partial charge on any atom is 0.471 e. The van der Waals surface area contributed by atoms with Crippen molar-refractivity contribution in [2.24, 2.45) is 5.16 Å². The highest BCUT2D eigenvalue weighted by Gasteiger charge is 2.38. The number of aliphatic carboxylic acids is 1. The highest BCUT2D eigenvalue weighted by Crippen LogP contribution is 2.29. The number of benzene rings is 2. The monoisotopic (exact) mass is 476 g/mol. The zero-order chi connectivity index (χ0) is 24.7. The van der Waals surface area contributed by atoms with Crippen LogP contribution in [0.25, 0.3) is 11.4 Å². The second kappa shape index (κ2) is 10.6. The SMILES string of the molecule is CC(CNC(=O)c1ccc(-c2noc(C(F)(F)F)n2)cc1)=NOCc1ccccc1CC(=O)O. The Morgan fingerprint density at radius 1 is 1.12 bits per heavy atom. The van der Waals surface area contributed by atoms with Crippen LogP contribution in [0.1, 0.15) is 34.3 Å². The Hall–Kier alpha value is -4.22. The summed E-state index contributed by atoms with van der Waals surface area (Å²) >= 11 is 0. The van der Waals surface area contributed by atoms with Crippen molar-refractivity contribution in [1.82, 2.24) is 15.5 Å². The molecule has 3 rings (SSSR count).